The predicted octanol–water partition coefficient (Wildman–Crippen LogP) is 2.95. The minimum atomic E-state index is -0.337. The summed E-state index contributed by atoms with van der Waals surface area (Å²) in [5.74, 6) is 1.74. The number of benzene rings is 1. The lowest BCUT2D eigenvalue weighted by atomic mass is 9.95. The summed E-state index contributed by atoms with van der Waals surface area (Å²) in [6.45, 7) is 4.07. The molecule has 1 aromatic rings. The molecule has 1 aromatic carbocycles. The summed E-state index contributed by atoms with van der Waals surface area (Å²) in [7, 11) is 0. The number of rotatable bonds is 1. The summed E-state index contributed by atoms with van der Waals surface area (Å²) in [5, 5.41) is 9.60. The summed E-state index contributed by atoms with van der Waals surface area (Å²) in [4.78, 5) is 1.35. The summed E-state index contributed by atoms with van der Waals surface area (Å²) in [5.41, 5.74) is 2.47. The van der Waals surface area contributed by atoms with Gasteiger partial charge in [-0.25, -0.2) is 0 Å². The molecule has 1 N–H and O–H groups in total. The fraction of sp³-hybridized carbons (Fsp3) is 0.455. The molecule has 1 heterocycles. The Hall–Kier alpha value is -0.470. The molecule has 0 saturated carbocycles. The van der Waals surface area contributed by atoms with Gasteiger partial charge < -0.3 is 5.11 Å². The van der Waals surface area contributed by atoms with E-state index in [1.54, 1.807) is 0 Å². The zero-order valence-corrected chi connectivity index (χ0v) is 8.77. The molecule has 70 valence electrons. The van der Waals surface area contributed by atoms with Crippen molar-refractivity contribution in [1.29, 1.82) is 0 Å². The van der Waals surface area contributed by atoms with Gasteiger partial charge in [-0.15, -0.1) is 11.8 Å². The van der Waals surface area contributed by atoms with E-state index in [-0.39, 0.29) is 6.10 Å². The molecule has 13 heavy (non-hydrogen) atoms. The molecule has 0 fully saturated rings. The lowest BCUT2D eigenvalue weighted by molar-refractivity contribution is 0.197. The van der Waals surface area contributed by atoms with E-state index in [0.29, 0.717) is 5.92 Å². The van der Waals surface area contributed by atoms with E-state index in [1.165, 1.54) is 10.5 Å². The maximum absolute atomic E-state index is 9.60. The van der Waals surface area contributed by atoms with Gasteiger partial charge in [0, 0.05) is 10.6 Å². The van der Waals surface area contributed by atoms with E-state index in [0.717, 1.165) is 11.3 Å². The van der Waals surface area contributed by atoms with Gasteiger partial charge in [-0.2, -0.15) is 0 Å². The number of fused-ring (bicyclic) bond motifs is 1. The van der Waals surface area contributed by atoms with Crippen molar-refractivity contribution in [2.24, 2.45) is 0 Å². The third-order valence-corrected chi connectivity index (χ3v) is 3.87. The van der Waals surface area contributed by atoms with Crippen LogP contribution in [0.2, 0.25) is 0 Å². The number of hydrogen-bond acceptors (Lipinski definition) is 2. The topological polar surface area (TPSA) is 20.2 Å². The van der Waals surface area contributed by atoms with E-state index in [1.807, 2.05) is 30.8 Å². The number of thioether (sulfide) groups is 1. The summed E-state index contributed by atoms with van der Waals surface area (Å²) >= 11 is 1.90. The minimum absolute atomic E-state index is 0.337. The van der Waals surface area contributed by atoms with Crippen molar-refractivity contribution in [2.45, 2.75) is 30.8 Å². The largest absolute Gasteiger partial charge is 0.389 e. The van der Waals surface area contributed by atoms with E-state index >= 15 is 0 Å². The number of aliphatic hydroxyl groups is 1. The van der Waals surface area contributed by atoms with Crippen molar-refractivity contribution in [1.82, 2.24) is 0 Å². The van der Waals surface area contributed by atoms with Crippen LogP contribution in [-0.4, -0.2) is 10.9 Å². The normalized spacial score (nSPS) is 22.8. The Morgan fingerprint density at radius 3 is 3.00 bits per heavy atom. The second kappa shape index (κ2) is 3.35. The molecule has 1 aliphatic heterocycles. The third-order valence-electron chi connectivity index (χ3n) is 2.53. The second-order valence-corrected chi connectivity index (χ2v) is 4.71. The molecule has 0 radical (unpaired) electrons. The van der Waals surface area contributed by atoms with Crippen molar-refractivity contribution in [3.63, 3.8) is 0 Å². The highest BCUT2D eigenvalue weighted by molar-refractivity contribution is 7.99. The molecule has 0 saturated heterocycles. The molecular weight excluding hydrogens is 180 g/mol. The van der Waals surface area contributed by atoms with Crippen molar-refractivity contribution in [3.05, 3.63) is 29.3 Å². The Morgan fingerprint density at radius 2 is 2.31 bits per heavy atom. The number of hydrogen-bond donors (Lipinski definition) is 1. The average molecular weight is 194 g/mol. The second-order valence-electron chi connectivity index (χ2n) is 3.65. The summed E-state index contributed by atoms with van der Waals surface area (Å²) in [6, 6.07) is 6.22. The van der Waals surface area contributed by atoms with Crippen LogP contribution in [0.3, 0.4) is 0 Å². The van der Waals surface area contributed by atoms with Crippen LogP contribution in [0.25, 0.3) is 0 Å². The van der Waals surface area contributed by atoms with Gasteiger partial charge in [0.15, 0.2) is 0 Å². The van der Waals surface area contributed by atoms with Crippen LogP contribution in [0.15, 0.2) is 23.1 Å². The van der Waals surface area contributed by atoms with E-state index in [9.17, 15) is 5.11 Å². The zero-order chi connectivity index (χ0) is 9.42. The Labute approximate surface area is 83.2 Å². The molecule has 2 rings (SSSR count). The molecular formula is C11H14OS. The molecule has 1 aliphatic rings. The monoisotopic (exact) mass is 194 g/mol. The molecule has 0 aromatic heterocycles. The maximum atomic E-state index is 9.60. The summed E-state index contributed by atoms with van der Waals surface area (Å²) < 4.78 is 0. The Balaban J connectivity index is 2.53. The smallest absolute Gasteiger partial charge is 0.0765 e. The minimum Gasteiger partial charge on any atom is -0.389 e. The van der Waals surface area contributed by atoms with Gasteiger partial charge in [0.05, 0.1) is 6.10 Å². The van der Waals surface area contributed by atoms with Crippen LogP contribution >= 0.6 is 11.8 Å². The first-order valence-electron chi connectivity index (χ1n) is 4.64. The van der Waals surface area contributed by atoms with Crippen LogP contribution < -0.4 is 0 Å². The van der Waals surface area contributed by atoms with Crippen molar-refractivity contribution in [2.75, 3.05) is 5.75 Å². The van der Waals surface area contributed by atoms with Crippen LogP contribution in [0, 0.1) is 0 Å². The van der Waals surface area contributed by atoms with Gasteiger partial charge in [0.1, 0.15) is 0 Å². The molecule has 2 unspecified atom stereocenters. The van der Waals surface area contributed by atoms with E-state index in [2.05, 4.69) is 13.0 Å². The first-order valence-corrected chi connectivity index (χ1v) is 5.62. The Bertz CT molecular complexity index is 320. The van der Waals surface area contributed by atoms with Gasteiger partial charge in [-0.05, 0) is 30.0 Å². The van der Waals surface area contributed by atoms with E-state index in [4.69, 9.17) is 0 Å². The first-order chi connectivity index (χ1) is 6.20. The fourth-order valence-electron chi connectivity index (χ4n) is 1.88. The van der Waals surface area contributed by atoms with Gasteiger partial charge >= 0.3 is 0 Å². The van der Waals surface area contributed by atoms with Crippen molar-refractivity contribution in [3.8, 4) is 0 Å². The average Bonchev–Trinajstić information content (AvgIpc) is 2.48. The van der Waals surface area contributed by atoms with Gasteiger partial charge in [-0.1, -0.05) is 19.1 Å². The zero-order valence-electron chi connectivity index (χ0n) is 7.95. The Kier molecular flexibility index (Phi) is 2.35. The Morgan fingerprint density at radius 1 is 1.54 bits per heavy atom. The van der Waals surface area contributed by atoms with Crippen LogP contribution in [-0.2, 0) is 0 Å². The van der Waals surface area contributed by atoms with Crippen molar-refractivity contribution < 1.29 is 5.11 Å². The van der Waals surface area contributed by atoms with E-state index < -0.39 is 0 Å². The maximum Gasteiger partial charge on any atom is 0.0765 e. The lowest BCUT2D eigenvalue weighted by Gasteiger charge is -2.13. The molecule has 0 amide bonds. The fourth-order valence-corrected chi connectivity index (χ4v) is 3.12. The SMILES string of the molecule is CC(O)c1cccc2c1C(C)CS2. The standard InChI is InChI=1S/C11H14OS/c1-7-6-13-10-5-3-4-9(8(2)12)11(7)10/h3-5,7-8,12H,6H2,1-2H3. The van der Waals surface area contributed by atoms with Gasteiger partial charge in [-0.3, -0.25) is 0 Å². The third kappa shape index (κ3) is 1.49. The molecule has 0 aliphatic carbocycles. The molecule has 0 spiro atoms. The molecule has 1 nitrogen and oxygen atoms in total. The van der Waals surface area contributed by atoms with Crippen LogP contribution in [0.1, 0.15) is 37.0 Å². The quantitative estimate of drug-likeness (QED) is 0.741. The number of aliphatic hydroxyl groups excluding tert-OH is 1. The highest BCUT2D eigenvalue weighted by Gasteiger charge is 2.23. The molecule has 0 bridgehead atoms. The molecule has 2 atom stereocenters. The van der Waals surface area contributed by atoms with Crippen molar-refractivity contribution >= 4 is 11.8 Å². The van der Waals surface area contributed by atoms with Crippen LogP contribution in [0.4, 0.5) is 0 Å². The first kappa shape index (κ1) is 9.10. The van der Waals surface area contributed by atoms with Crippen LogP contribution in [0.5, 0.6) is 0 Å². The highest BCUT2D eigenvalue weighted by atomic mass is 32.2. The lowest BCUT2D eigenvalue weighted by Crippen LogP contribution is -2.00. The summed E-state index contributed by atoms with van der Waals surface area (Å²) in [6.07, 6.45) is -0.337. The van der Waals surface area contributed by atoms with Gasteiger partial charge in [0.2, 0.25) is 0 Å². The molecule has 2 heteroatoms. The highest BCUT2D eigenvalue weighted by Crippen LogP contribution is 2.42. The predicted molar refractivity (Wildman–Crippen MR) is 56.2 cm³/mol. The van der Waals surface area contributed by atoms with Gasteiger partial charge in [0.25, 0.3) is 0 Å².